The SMILES string of the molecule is CCc1cc(CCc2ccc(OC)cc2)c(C)c2c1CC1(C)CC3(C)CC(C)=C(C(C)=O)C(=O)C3(C)C(C)=C1C2=O. The Hall–Kier alpha value is -3.27. The van der Waals surface area contributed by atoms with Crippen LogP contribution < -0.4 is 4.74 Å². The van der Waals surface area contributed by atoms with Gasteiger partial charge in [0.05, 0.1) is 18.1 Å². The van der Waals surface area contributed by atoms with E-state index >= 15 is 0 Å². The average molecular weight is 553 g/mol. The number of methoxy groups -OCH3 is 1. The van der Waals surface area contributed by atoms with Crippen molar-refractivity contribution in [3.05, 3.63) is 86.0 Å². The first kappa shape index (κ1) is 29.2. The fourth-order valence-electron chi connectivity index (χ4n) is 8.76. The smallest absolute Gasteiger partial charge is 0.190 e. The molecule has 5 rings (SSSR count). The minimum Gasteiger partial charge on any atom is -0.497 e. The standard InChI is InChI=1S/C37H44O4/c1-10-26-17-27(14-11-25-12-15-28(41-9)16-13-25)22(3)31-29(26)19-35(6)20-36(7)18-21(2)30(24(5)38)34(40)37(36,8)23(4)32(35)33(31)39/h12-13,15-17H,10-11,14,18-20H2,1-9H3. The van der Waals surface area contributed by atoms with Gasteiger partial charge in [0.1, 0.15) is 5.75 Å². The molecule has 0 N–H and O–H groups in total. The summed E-state index contributed by atoms with van der Waals surface area (Å²) < 4.78 is 5.31. The van der Waals surface area contributed by atoms with Crippen molar-refractivity contribution in [2.75, 3.05) is 7.11 Å². The van der Waals surface area contributed by atoms with E-state index in [0.29, 0.717) is 12.0 Å². The molecule has 216 valence electrons. The molecule has 2 aromatic carbocycles. The Kier molecular flexibility index (Phi) is 7.08. The second-order valence-electron chi connectivity index (χ2n) is 13.5. The summed E-state index contributed by atoms with van der Waals surface area (Å²) in [6.07, 6.45) is 4.83. The van der Waals surface area contributed by atoms with Gasteiger partial charge in [0.15, 0.2) is 17.3 Å². The molecule has 0 fully saturated rings. The first-order chi connectivity index (χ1) is 19.2. The van der Waals surface area contributed by atoms with Gasteiger partial charge in [-0.2, -0.15) is 0 Å². The normalized spacial score (nSPS) is 27.4. The van der Waals surface area contributed by atoms with Crippen molar-refractivity contribution >= 4 is 17.3 Å². The van der Waals surface area contributed by atoms with E-state index in [0.717, 1.165) is 65.7 Å². The van der Waals surface area contributed by atoms with Crippen LogP contribution in [0.5, 0.6) is 5.75 Å². The molecule has 3 unspecified atom stereocenters. The van der Waals surface area contributed by atoms with E-state index in [1.165, 1.54) is 29.2 Å². The molecule has 0 saturated heterocycles. The molecule has 2 aromatic rings. The van der Waals surface area contributed by atoms with Crippen LogP contribution in [-0.4, -0.2) is 24.5 Å². The van der Waals surface area contributed by atoms with Crippen LogP contribution in [0.25, 0.3) is 0 Å². The van der Waals surface area contributed by atoms with Crippen molar-refractivity contribution in [1.29, 1.82) is 0 Å². The number of aryl methyl sites for hydroxylation is 3. The topological polar surface area (TPSA) is 60.4 Å². The van der Waals surface area contributed by atoms with Crippen LogP contribution in [0.2, 0.25) is 0 Å². The molecule has 41 heavy (non-hydrogen) atoms. The van der Waals surface area contributed by atoms with E-state index in [-0.39, 0.29) is 28.2 Å². The lowest BCUT2D eigenvalue weighted by molar-refractivity contribution is -0.134. The van der Waals surface area contributed by atoms with Crippen LogP contribution in [0.3, 0.4) is 0 Å². The second-order valence-corrected chi connectivity index (χ2v) is 13.5. The third kappa shape index (κ3) is 4.20. The summed E-state index contributed by atoms with van der Waals surface area (Å²) >= 11 is 0. The minimum atomic E-state index is -0.886. The second kappa shape index (κ2) is 9.93. The predicted octanol–water partition coefficient (Wildman–Crippen LogP) is 7.71. The summed E-state index contributed by atoms with van der Waals surface area (Å²) in [6, 6.07) is 10.5. The number of carbonyl (C=O) groups is 3. The van der Waals surface area contributed by atoms with Crippen LogP contribution in [0.1, 0.15) is 99.5 Å². The lowest BCUT2D eigenvalue weighted by atomic mass is 9.42. The molecule has 3 atom stereocenters. The van der Waals surface area contributed by atoms with Gasteiger partial charge in [0.25, 0.3) is 0 Å². The summed E-state index contributed by atoms with van der Waals surface area (Å²) in [6.45, 7) is 16.1. The molecule has 0 spiro atoms. The molecular formula is C37H44O4. The summed E-state index contributed by atoms with van der Waals surface area (Å²) in [7, 11) is 1.67. The summed E-state index contributed by atoms with van der Waals surface area (Å²) in [4.78, 5) is 41.4. The first-order valence-electron chi connectivity index (χ1n) is 15.0. The van der Waals surface area contributed by atoms with Crippen molar-refractivity contribution < 1.29 is 19.1 Å². The zero-order valence-corrected chi connectivity index (χ0v) is 26.3. The highest BCUT2D eigenvalue weighted by Gasteiger charge is 2.63. The third-order valence-corrected chi connectivity index (χ3v) is 11.0. The van der Waals surface area contributed by atoms with E-state index in [2.05, 4.69) is 45.9 Å². The fraction of sp³-hybridized carbons (Fsp3) is 0.486. The molecule has 0 heterocycles. The van der Waals surface area contributed by atoms with Gasteiger partial charge in [-0.3, -0.25) is 14.4 Å². The molecule has 4 nitrogen and oxygen atoms in total. The summed E-state index contributed by atoms with van der Waals surface area (Å²) in [5.41, 5.74) is 8.07. The number of hydrogen-bond donors (Lipinski definition) is 0. The molecule has 4 heteroatoms. The number of fused-ring (bicyclic) bond motifs is 3. The molecular weight excluding hydrogens is 508 g/mol. The quantitative estimate of drug-likeness (QED) is 0.345. The van der Waals surface area contributed by atoms with E-state index in [9.17, 15) is 14.4 Å². The monoisotopic (exact) mass is 552 g/mol. The van der Waals surface area contributed by atoms with Crippen LogP contribution in [0, 0.1) is 23.2 Å². The number of carbonyl (C=O) groups excluding carboxylic acids is 3. The van der Waals surface area contributed by atoms with E-state index in [4.69, 9.17) is 4.74 Å². The highest BCUT2D eigenvalue weighted by molar-refractivity contribution is 6.24. The van der Waals surface area contributed by atoms with Crippen LogP contribution in [0.4, 0.5) is 0 Å². The lowest BCUT2D eigenvalue weighted by Gasteiger charge is -2.59. The number of hydrogen-bond acceptors (Lipinski definition) is 4. The summed E-state index contributed by atoms with van der Waals surface area (Å²) in [5.74, 6) is 0.642. The Labute approximate surface area is 245 Å². The maximum absolute atomic E-state index is 14.7. The van der Waals surface area contributed by atoms with Gasteiger partial charge in [-0.25, -0.2) is 0 Å². The van der Waals surface area contributed by atoms with Crippen LogP contribution in [-0.2, 0) is 35.3 Å². The Morgan fingerprint density at radius 2 is 1.61 bits per heavy atom. The van der Waals surface area contributed by atoms with Gasteiger partial charge >= 0.3 is 0 Å². The maximum atomic E-state index is 14.7. The molecule has 0 bridgehead atoms. The van der Waals surface area contributed by atoms with Crippen LogP contribution in [0.15, 0.2) is 52.6 Å². The Bertz CT molecular complexity index is 1550. The zero-order valence-electron chi connectivity index (χ0n) is 26.3. The number of ketones is 3. The minimum absolute atomic E-state index is 0.0801. The van der Waals surface area contributed by atoms with Gasteiger partial charge in [-0.15, -0.1) is 0 Å². The Morgan fingerprint density at radius 1 is 0.951 bits per heavy atom. The molecule has 0 saturated carbocycles. The molecule has 0 aliphatic heterocycles. The van der Waals surface area contributed by atoms with Gasteiger partial charge in [-0.05, 0) is 119 Å². The van der Waals surface area contributed by atoms with E-state index in [1.54, 1.807) is 7.11 Å². The van der Waals surface area contributed by atoms with Gasteiger partial charge < -0.3 is 4.74 Å². The van der Waals surface area contributed by atoms with Crippen molar-refractivity contribution in [2.24, 2.45) is 16.2 Å². The Morgan fingerprint density at radius 3 is 2.20 bits per heavy atom. The highest BCUT2D eigenvalue weighted by Crippen LogP contribution is 2.66. The van der Waals surface area contributed by atoms with Gasteiger partial charge in [-0.1, -0.05) is 50.1 Å². The molecule has 0 radical (unpaired) electrons. The van der Waals surface area contributed by atoms with Gasteiger partial charge in [0, 0.05) is 16.6 Å². The number of Topliss-reactive ketones (excluding diaryl/α,β-unsaturated/α-hetero) is 3. The molecule has 0 aromatic heterocycles. The third-order valence-electron chi connectivity index (χ3n) is 11.0. The van der Waals surface area contributed by atoms with E-state index in [1.807, 2.05) is 32.9 Å². The number of benzene rings is 2. The zero-order chi connectivity index (χ0) is 30.1. The van der Waals surface area contributed by atoms with Crippen LogP contribution >= 0.6 is 0 Å². The number of ether oxygens (including phenoxy) is 1. The number of rotatable bonds is 6. The largest absolute Gasteiger partial charge is 0.497 e. The number of allylic oxidation sites excluding steroid dienone is 4. The molecule has 3 aliphatic rings. The first-order valence-corrected chi connectivity index (χ1v) is 15.0. The van der Waals surface area contributed by atoms with E-state index < -0.39 is 5.41 Å². The van der Waals surface area contributed by atoms with Gasteiger partial charge in [0.2, 0.25) is 0 Å². The molecule has 3 aliphatic carbocycles. The maximum Gasteiger partial charge on any atom is 0.190 e. The summed E-state index contributed by atoms with van der Waals surface area (Å²) in [5, 5.41) is 0. The lowest BCUT2D eigenvalue weighted by Crippen LogP contribution is -2.57. The molecule has 0 amide bonds. The van der Waals surface area contributed by atoms with Crippen molar-refractivity contribution in [3.63, 3.8) is 0 Å². The van der Waals surface area contributed by atoms with Crippen molar-refractivity contribution in [3.8, 4) is 5.75 Å². The predicted molar refractivity (Wildman–Crippen MR) is 164 cm³/mol. The Balaban J connectivity index is 1.63. The van der Waals surface area contributed by atoms with Crippen molar-refractivity contribution in [1.82, 2.24) is 0 Å². The highest BCUT2D eigenvalue weighted by atomic mass is 16.5. The fourth-order valence-corrected chi connectivity index (χ4v) is 8.76. The average Bonchev–Trinajstić information content (AvgIpc) is 2.90. The van der Waals surface area contributed by atoms with Crippen molar-refractivity contribution in [2.45, 2.75) is 93.9 Å².